The van der Waals surface area contributed by atoms with E-state index >= 15 is 0 Å². The first-order valence-corrected chi connectivity index (χ1v) is 9.05. The van der Waals surface area contributed by atoms with Crippen molar-refractivity contribution < 1.29 is 4.79 Å². The molecule has 0 bridgehead atoms. The summed E-state index contributed by atoms with van der Waals surface area (Å²) in [5.41, 5.74) is 1.63. The highest BCUT2D eigenvalue weighted by molar-refractivity contribution is 5.80. The predicted octanol–water partition coefficient (Wildman–Crippen LogP) is 1.70. The maximum Gasteiger partial charge on any atom is 0.261 e. The van der Waals surface area contributed by atoms with Crippen molar-refractivity contribution >= 4 is 16.8 Å². The van der Waals surface area contributed by atoms with Crippen LogP contribution in [0.15, 0.2) is 29.3 Å². The Labute approximate surface area is 147 Å². The van der Waals surface area contributed by atoms with E-state index in [2.05, 4.69) is 22.1 Å². The number of aryl methyl sites for hydroxylation is 2. The monoisotopic (exact) mass is 342 g/mol. The van der Waals surface area contributed by atoms with Crippen molar-refractivity contribution in [2.45, 2.75) is 45.7 Å². The van der Waals surface area contributed by atoms with Gasteiger partial charge in [0.15, 0.2) is 0 Å². The normalized spacial score (nSPS) is 17.9. The Hall–Kier alpha value is -2.21. The second-order valence-electron chi connectivity index (χ2n) is 6.69. The van der Waals surface area contributed by atoms with Crippen molar-refractivity contribution in [2.75, 3.05) is 19.6 Å². The zero-order chi connectivity index (χ0) is 17.8. The Morgan fingerprint density at radius 3 is 3.04 bits per heavy atom. The highest BCUT2D eigenvalue weighted by Gasteiger charge is 2.23. The van der Waals surface area contributed by atoms with Crippen LogP contribution in [0.5, 0.6) is 0 Å². The number of nitrogens with one attached hydrogen (secondary N) is 1. The zero-order valence-corrected chi connectivity index (χ0v) is 15.0. The van der Waals surface area contributed by atoms with E-state index in [1.165, 1.54) is 11.0 Å². The van der Waals surface area contributed by atoms with E-state index in [1.54, 1.807) is 12.4 Å². The first-order chi connectivity index (χ1) is 12.1. The summed E-state index contributed by atoms with van der Waals surface area (Å²) in [4.78, 5) is 31.4. The topological polar surface area (TPSA) is 67.2 Å². The van der Waals surface area contributed by atoms with E-state index in [9.17, 15) is 9.59 Å². The fraction of sp³-hybridized carbons (Fsp3) is 0.526. The lowest BCUT2D eigenvalue weighted by Crippen LogP contribution is -2.40. The number of fused-ring (bicyclic) bond motifs is 1. The second kappa shape index (κ2) is 7.78. The van der Waals surface area contributed by atoms with Gasteiger partial charge in [-0.2, -0.15) is 0 Å². The van der Waals surface area contributed by atoms with Gasteiger partial charge in [0.1, 0.15) is 0 Å². The minimum atomic E-state index is -0.0885. The van der Waals surface area contributed by atoms with Gasteiger partial charge in [-0.1, -0.05) is 19.1 Å². The van der Waals surface area contributed by atoms with Gasteiger partial charge in [0.2, 0.25) is 5.91 Å². The molecule has 0 aliphatic carbocycles. The smallest absolute Gasteiger partial charge is 0.261 e. The lowest BCUT2D eigenvalue weighted by atomic mass is 10.1. The highest BCUT2D eigenvalue weighted by Crippen LogP contribution is 2.15. The Balaban J connectivity index is 1.58. The number of para-hydroxylation sites is 1. The minimum absolute atomic E-state index is 0.0146. The van der Waals surface area contributed by atoms with Gasteiger partial charge in [-0.15, -0.1) is 0 Å². The van der Waals surface area contributed by atoms with Crippen molar-refractivity contribution in [3.8, 4) is 0 Å². The standard InChI is InChI=1S/C19H26N4O2/c1-3-22-10-5-7-15(22)12-20-17(24)9-11-23-13-21-18-14(2)6-4-8-16(18)19(23)25/h4,6,8,13,15H,3,5,7,9-12H2,1-2H3,(H,20,24)/t15-/m0/s1. The molecule has 6 heteroatoms. The van der Waals surface area contributed by atoms with Gasteiger partial charge in [0.05, 0.1) is 17.2 Å². The molecule has 0 radical (unpaired) electrons. The molecule has 3 rings (SSSR count). The molecule has 1 aromatic heterocycles. The number of likely N-dealkylation sites (N-methyl/N-ethyl adjacent to an activating group) is 1. The van der Waals surface area contributed by atoms with Crippen molar-refractivity contribution in [3.63, 3.8) is 0 Å². The van der Waals surface area contributed by atoms with E-state index in [-0.39, 0.29) is 17.9 Å². The quantitative estimate of drug-likeness (QED) is 0.868. The number of rotatable bonds is 6. The number of carbonyl (C=O) groups is 1. The molecule has 1 N–H and O–H groups in total. The summed E-state index contributed by atoms with van der Waals surface area (Å²) < 4.78 is 1.52. The number of carbonyl (C=O) groups excluding carboxylic acids is 1. The molecule has 6 nitrogen and oxygen atoms in total. The Bertz CT molecular complexity index is 815. The fourth-order valence-corrected chi connectivity index (χ4v) is 3.58. The molecule has 0 unspecified atom stereocenters. The summed E-state index contributed by atoms with van der Waals surface area (Å²) in [7, 11) is 0. The maximum atomic E-state index is 12.5. The minimum Gasteiger partial charge on any atom is -0.354 e. The molecule has 1 atom stereocenters. The summed E-state index contributed by atoms with van der Waals surface area (Å²) >= 11 is 0. The van der Waals surface area contributed by atoms with Crippen LogP contribution >= 0.6 is 0 Å². The number of nitrogens with zero attached hydrogens (tertiary/aromatic N) is 3. The number of hydrogen-bond acceptors (Lipinski definition) is 4. The molecule has 1 aliphatic heterocycles. The lowest BCUT2D eigenvalue weighted by Gasteiger charge is -2.22. The molecule has 1 saturated heterocycles. The van der Waals surface area contributed by atoms with Gasteiger partial charge >= 0.3 is 0 Å². The van der Waals surface area contributed by atoms with Gasteiger partial charge in [-0.3, -0.25) is 19.1 Å². The number of aromatic nitrogens is 2. The van der Waals surface area contributed by atoms with Crippen LogP contribution < -0.4 is 10.9 Å². The number of hydrogen-bond donors (Lipinski definition) is 1. The summed E-state index contributed by atoms with van der Waals surface area (Å²) in [6, 6.07) is 6.03. The van der Waals surface area contributed by atoms with E-state index in [0.29, 0.717) is 24.5 Å². The third kappa shape index (κ3) is 3.90. The number of amides is 1. The first-order valence-electron chi connectivity index (χ1n) is 9.05. The van der Waals surface area contributed by atoms with Gasteiger partial charge < -0.3 is 5.32 Å². The maximum absolute atomic E-state index is 12.5. The molecule has 1 amide bonds. The van der Waals surface area contributed by atoms with Crippen LogP contribution in [-0.2, 0) is 11.3 Å². The molecule has 134 valence electrons. The SMILES string of the molecule is CCN1CCC[C@H]1CNC(=O)CCn1cnc2c(C)cccc2c1=O. The summed E-state index contributed by atoms with van der Waals surface area (Å²) in [5.74, 6) is -0.0146. The van der Waals surface area contributed by atoms with Gasteiger partial charge in [0, 0.05) is 25.6 Å². The average molecular weight is 342 g/mol. The van der Waals surface area contributed by atoms with Gasteiger partial charge in [-0.25, -0.2) is 4.98 Å². The zero-order valence-electron chi connectivity index (χ0n) is 15.0. The summed E-state index contributed by atoms with van der Waals surface area (Å²) in [5, 5.41) is 3.61. The van der Waals surface area contributed by atoms with Crippen LogP contribution in [0.25, 0.3) is 10.9 Å². The molecule has 1 aromatic carbocycles. The largest absolute Gasteiger partial charge is 0.354 e. The molecule has 2 aromatic rings. The van der Waals surface area contributed by atoms with Gasteiger partial charge in [0.25, 0.3) is 5.56 Å². The second-order valence-corrected chi connectivity index (χ2v) is 6.69. The average Bonchev–Trinajstić information content (AvgIpc) is 3.07. The summed E-state index contributed by atoms with van der Waals surface area (Å²) in [6.07, 6.45) is 4.17. The van der Waals surface area contributed by atoms with Crippen molar-refractivity contribution in [2.24, 2.45) is 0 Å². The van der Waals surface area contributed by atoms with E-state index in [0.717, 1.165) is 30.6 Å². The van der Waals surface area contributed by atoms with E-state index < -0.39 is 0 Å². The van der Waals surface area contributed by atoms with Crippen LogP contribution in [-0.4, -0.2) is 46.0 Å². The van der Waals surface area contributed by atoms with E-state index in [1.807, 2.05) is 19.1 Å². The Morgan fingerprint density at radius 2 is 2.24 bits per heavy atom. The summed E-state index contributed by atoms with van der Waals surface area (Å²) in [6.45, 7) is 7.28. The highest BCUT2D eigenvalue weighted by atomic mass is 16.1. The Kier molecular flexibility index (Phi) is 5.48. The molecule has 1 aliphatic rings. The van der Waals surface area contributed by atoms with Crippen LogP contribution in [0.2, 0.25) is 0 Å². The molecule has 2 heterocycles. The molecule has 1 fully saturated rings. The molecule has 0 spiro atoms. The van der Waals surface area contributed by atoms with Crippen molar-refractivity contribution in [1.29, 1.82) is 0 Å². The fourth-order valence-electron chi connectivity index (χ4n) is 3.58. The third-order valence-electron chi connectivity index (χ3n) is 5.08. The molecular formula is C19H26N4O2. The van der Waals surface area contributed by atoms with Crippen LogP contribution in [0.1, 0.15) is 31.7 Å². The first kappa shape index (κ1) is 17.6. The van der Waals surface area contributed by atoms with Crippen LogP contribution in [0.4, 0.5) is 0 Å². The number of likely N-dealkylation sites (tertiary alicyclic amines) is 1. The number of benzene rings is 1. The molecule has 25 heavy (non-hydrogen) atoms. The van der Waals surface area contributed by atoms with Crippen molar-refractivity contribution in [1.82, 2.24) is 19.8 Å². The van der Waals surface area contributed by atoms with Crippen LogP contribution in [0.3, 0.4) is 0 Å². The molecular weight excluding hydrogens is 316 g/mol. The molecule has 0 saturated carbocycles. The van der Waals surface area contributed by atoms with Crippen molar-refractivity contribution in [3.05, 3.63) is 40.4 Å². The predicted molar refractivity (Wildman–Crippen MR) is 98.6 cm³/mol. The van der Waals surface area contributed by atoms with E-state index in [4.69, 9.17) is 0 Å². The van der Waals surface area contributed by atoms with Crippen LogP contribution in [0, 0.1) is 6.92 Å². The Morgan fingerprint density at radius 1 is 1.40 bits per heavy atom. The van der Waals surface area contributed by atoms with Gasteiger partial charge in [-0.05, 0) is 44.5 Å². The lowest BCUT2D eigenvalue weighted by molar-refractivity contribution is -0.121. The third-order valence-corrected chi connectivity index (χ3v) is 5.08.